The number of aryl methyl sites for hydroxylation is 1. The van der Waals surface area contributed by atoms with Crippen LogP contribution in [0.25, 0.3) is 0 Å². The van der Waals surface area contributed by atoms with Gasteiger partial charge in [-0.15, -0.1) is 0 Å². The van der Waals surface area contributed by atoms with Crippen molar-refractivity contribution in [2.24, 2.45) is 5.92 Å². The van der Waals surface area contributed by atoms with Gasteiger partial charge in [0.15, 0.2) is 0 Å². The highest BCUT2D eigenvalue weighted by Crippen LogP contribution is 2.50. The number of carbonyl (C=O) groups excluding carboxylic acids is 1. The molecule has 3 heterocycles. The van der Waals surface area contributed by atoms with E-state index in [1.165, 1.54) is 29.7 Å². The van der Waals surface area contributed by atoms with Gasteiger partial charge in [-0.3, -0.25) is 4.79 Å². The third-order valence-corrected chi connectivity index (χ3v) is 9.14. The second kappa shape index (κ2) is 9.35. The highest BCUT2D eigenvalue weighted by atomic mass is 16.5. The summed E-state index contributed by atoms with van der Waals surface area (Å²) in [6.07, 6.45) is 6.87. The lowest BCUT2D eigenvalue weighted by Crippen LogP contribution is -2.53. The van der Waals surface area contributed by atoms with Gasteiger partial charge in [-0.05, 0) is 66.8 Å². The SMILES string of the molecule is O=CN1CCC(c2ccccc2)CC1[C@@H]1CNC[C@]12CCCc1cc(N3CCOCC3)ccc12. The first kappa shape index (κ1) is 22.1. The first-order valence-electron chi connectivity index (χ1n) is 13.2. The zero-order valence-electron chi connectivity index (χ0n) is 20.1. The van der Waals surface area contributed by atoms with E-state index < -0.39 is 0 Å². The fourth-order valence-electron chi connectivity index (χ4n) is 7.44. The highest BCUT2D eigenvalue weighted by Gasteiger charge is 2.51. The van der Waals surface area contributed by atoms with Gasteiger partial charge in [-0.2, -0.15) is 0 Å². The molecule has 180 valence electrons. The van der Waals surface area contributed by atoms with Crippen molar-refractivity contribution in [2.75, 3.05) is 50.8 Å². The minimum absolute atomic E-state index is 0.127. The smallest absolute Gasteiger partial charge is 0.209 e. The van der Waals surface area contributed by atoms with E-state index in [-0.39, 0.29) is 11.5 Å². The van der Waals surface area contributed by atoms with E-state index in [2.05, 4.69) is 63.6 Å². The maximum absolute atomic E-state index is 12.2. The van der Waals surface area contributed by atoms with Crippen molar-refractivity contribution in [3.8, 4) is 0 Å². The number of fused-ring (bicyclic) bond motifs is 2. The van der Waals surface area contributed by atoms with Crippen LogP contribution in [0.2, 0.25) is 0 Å². The summed E-state index contributed by atoms with van der Waals surface area (Å²) in [6.45, 7) is 6.49. The molecule has 0 saturated carbocycles. The fraction of sp³-hybridized carbons (Fsp3) is 0.552. The molecule has 5 nitrogen and oxygen atoms in total. The maximum Gasteiger partial charge on any atom is 0.209 e. The Labute approximate surface area is 203 Å². The quantitative estimate of drug-likeness (QED) is 0.708. The molecule has 1 spiro atoms. The van der Waals surface area contributed by atoms with Crippen molar-refractivity contribution in [2.45, 2.75) is 49.5 Å². The molecule has 3 saturated heterocycles. The van der Waals surface area contributed by atoms with Crippen molar-refractivity contribution in [3.63, 3.8) is 0 Å². The van der Waals surface area contributed by atoms with Crippen molar-refractivity contribution < 1.29 is 9.53 Å². The van der Waals surface area contributed by atoms with Gasteiger partial charge in [-0.1, -0.05) is 36.4 Å². The van der Waals surface area contributed by atoms with E-state index >= 15 is 0 Å². The first-order chi connectivity index (χ1) is 16.8. The molecule has 1 aliphatic carbocycles. The topological polar surface area (TPSA) is 44.8 Å². The maximum atomic E-state index is 12.2. The normalized spacial score (nSPS) is 31.5. The number of hydrogen-bond acceptors (Lipinski definition) is 4. The van der Waals surface area contributed by atoms with Gasteiger partial charge in [0.2, 0.25) is 6.41 Å². The summed E-state index contributed by atoms with van der Waals surface area (Å²) < 4.78 is 5.57. The molecular weight excluding hydrogens is 422 g/mol. The molecule has 0 radical (unpaired) electrons. The van der Waals surface area contributed by atoms with Crippen molar-refractivity contribution in [3.05, 3.63) is 65.2 Å². The van der Waals surface area contributed by atoms with Crippen LogP contribution in [0, 0.1) is 5.92 Å². The predicted octanol–water partition coefficient (Wildman–Crippen LogP) is 3.72. The molecule has 3 aliphatic heterocycles. The third-order valence-electron chi connectivity index (χ3n) is 9.14. The summed E-state index contributed by atoms with van der Waals surface area (Å²) in [5.41, 5.74) is 5.97. The third kappa shape index (κ3) is 3.83. The lowest BCUT2D eigenvalue weighted by molar-refractivity contribution is -0.123. The molecule has 2 unspecified atom stereocenters. The Bertz CT molecular complexity index is 1010. The van der Waals surface area contributed by atoms with E-state index in [0.717, 1.165) is 71.6 Å². The molecule has 2 aromatic rings. The second-order valence-corrected chi connectivity index (χ2v) is 10.7. The van der Waals surface area contributed by atoms with Gasteiger partial charge in [0.25, 0.3) is 0 Å². The van der Waals surface area contributed by atoms with Crippen LogP contribution < -0.4 is 10.2 Å². The number of hydrogen-bond donors (Lipinski definition) is 1. The zero-order valence-corrected chi connectivity index (χ0v) is 20.1. The Hall–Kier alpha value is -2.37. The van der Waals surface area contributed by atoms with Crippen LogP contribution in [0.5, 0.6) is 0 Å². The number of amides is 1. The number of likely N-dealkylation sites (tertiary alicyclic amines) is 1. The largest absolute Gasteiger partial charge is 0.378 e. The molecule has 0 bridgehead atoms. The molecule has 6 rings (SSSR count). The number of carbonyl (C=O) groups is 1. The van der Waals surface area contributed by atoms with Crippen molar-refractivity contribution >= 4 is 12.1 Å². The molecule has 4 atom stereocenters. The van der Waals surface area contributed by atoms with Crippen LogP contribution in [0.1, 0.15) is 48.3 Å². The lowest BCUT2D eigenvalue weighted by Gasteiger charge is -2.48. The van der Waals surface area contributed by atoms with Gasteiger partial charge in [0, 0.05) is 55.8 Å². The summed E-state index contributed by atoms with van der Waals surface area (Å²) in [6, 6.07) is 18.5. The number of piperidine rings is 1. The number of anilines is 1. The molecule has 1 amide bonds. The molecule has 4 aliphatic rings. The minimum atomic E-state index is 0.127. The summed E-state index contributed by atoms with van der Waals surface area (Å²) >= 11 is 0. The van der Waals surface area contributed by atoms with Crippen LogP contribution in [-0.4, -0.2) is 63.3 Å². The number of rotatable bonds is 4. The zero-order chi connectivity index (χ0) is 23.0. The van der Waals surface area contributed by atoms with Crippen LogP contribution >= 0.6 is 0 Å². The Balaban J connectivity index is 1.32. The standard InChI is InChI=1S/C29H37N3O2/c33-21-32-12-10-23(22-5-2-1-3-6-22)18-28(32)27-19-30-20-29(27)11-4-7-24-17-25(8-9-26(24)29)31-13-15-34-16-14-31/h1-3,5-6,8-9,17,21,23,27-28,30H,4,7,10-16,18-20H2/t23?,27-,28?,29-/m0/s1. The summed E-state index contributed by atoms with van der Waals surface area (Å²) in [5.74, 6) is 0.990. The number of benzene rings is 2. The van der Waals surface area contributed by atoms with Gasteiger partial charge >= 0.3 is 0 Å². The minimum Gasteiger partial charge on any atom is -0.378 e. The lowest BCUT2D eigenvalue weighted by atomic mass is 9.61. The van der Waals surface area contributed by atoms with Crippen LogP contribution in [-0.2, 0) is 21.4 Å². The average molecular weight is 460 g/mol. The van der Waals surface area contributed by atoms with Gasteiger partial charge in [0.1, 0.15) is 0 Å². The number of ether oxygens (including phenoxy) is 1. The van der Waals surface area contributed by atoms with Crippen LogP contribution in [0.15, 0.2) is 48.5 Å². The van der Waals surface area contributed by atoms with E-state index in [4.69, 9.17) is 4.74 Å². The fourth-order valence-corrected chi connectivity index (χ4v) is 7.44. The van der Waals surface area contributed by atoms with Crippen molar-refractivity contribution in [1.29, 1.82) is 0 Å². The highest BCUT2D eigenvalue weighted by molar-refractivity contribution is 5.55. The van der Waals surface area contributed by atoms with Crippen LogP contribution in [0.3, 0.4) is 0 Å². The molecule has 2 aromatic carbocycles. The van der Waals surface area contributed by atoms with Gasteiger partial charge in [-0.25, -0.2) is 0 Å². The monoisotopic (exact) mass is 459 g/mol. The average Bonchev–Trinajstić information content (AvgIpc) is 3.33. The van der Waals surface area contributed by atoms with E-state index in [0.29, 0.717) is 11.8 Å². The molecule has 0 aromatic heterocycles. The molecular formula is C29H37N3O2. The summed E-state index contributed by atoms with van der Waals surface area (Å²) in [4.78, 5) is 16.8. The number of nitrogens with zero attached hydrogens (tertiary/aromatic N) is 2. The number of morpholine rings is 1. The predicted molar refractivity (Wildman–Crippen MR) is 135 cm³/mol. The Morgan fingerprint density at radius 1 is 1.06 bits per heavy atom. The van der Waals surface area contributed by atoms with E-state index in [1.54, 1.807) is 5.56 Å². The molecule has 34 heavy (non-hydrogen) atoms. The van der Waals surface area contributed by atoms with E-state index in [9.17, 15) is 4.79 Å². The first-order valence-corrected chi connectivity index (χ1v) is 13.2. The Morgan fingerprint density at radius 2 is 1.91 bits per heavy atom. The van der Waals surface area contributed by atoms with E-state index in [1.807, 2.05) is 0 Å². The number of nitrogens with one attached hydrogen (secondary N) is 1. The second-order valence-electron chi connectivity index (χ2n) is 10.7. The summed E-state index contributed by atoms with van der Waals surface area (Å²) in [5, 5.41) is 3.78. The molecule has 5 heteroatoms. The molecule has 3 fully saturated rings. The van der Waals surface area contributed by atoms with Gasteiger partial charge in [0.05, 0.1) is 13.2 Å². The summed E-state index contributed by atoms with van der Waals surface area (Å²) in [7, 11) is 0. The molecule has 1 N–H and O–H groups in total. The Kier molecular flexibility index (Phi) is 6.08. The Morgan fingerprint density at radius 3 is 2.74 bits per heavy atom. The van der Waals surface area contributed by atoms with Gasteiger partial charge < -0.3 is 19.9 Å². The van der Waals surface area contributed by atoms with Crippen molar-refractivity contribution in [1.82, 2.24) is 10.2 Å². The van der Waals surface area contributed by atoms with Crippen LogP contribution in [0.4, 0.5) is 5.69 Å².